The lowest BCUT2D eigenvalue weighted by Gasteiger charge is -2.06. The number of rotatable bonds is 5. The van der Waals surface area contributed by atoms with E-state index < -0.39 is 21.6 Å². The second kappa shape index (κ2) is 7.25. The Kier molecular flexibility index (Phi) is 5.33. The third-order valence-corrected chi connectivity index (χ3v) is 6.48. The van der Waals surface area contributed by atoms with Crippen molar-refractivity contribution in [2.45, 2.75) is 17.7 Å². The van der Waals surface area contributed by atoms with E-state index in [0.717, 1.165) is 12.1 Å². The van der Waals surface area contributed by atoms with Crippen LogP contribution in [0.4, 0.5) is 13.2 Å². The van der Waals surface area contributed by atoms with Gasteiger partial charge in [-0.3, -0.25) is 0 Å². The first-order valence-electron chi connectivity index (χ1n) is 7.54. The molecule has 11 heteroatoms. The Hall–Kier alpha value is -1.91. The number of imidazole rings is 1. The van der Waals surface area contributed by atoms with E-state index in [2.05, 4.69) is 9.97 Å². The van der Waals surface area contributed by atoms with Crippen molar-refractivity contribution in [3.63, 3.8) is 0 Å². The van der Waals surface area contributed by atoms with Crippen LogP contribution in [0.25, 0.3) is 10.6 Å². The van der Waals surface area contributed by atoms with Crippen molar-refractivity contribution in [3.05, 3.63) is 58.1 Å². The van der Waals surface area contributed by atoms with Crippen LogP contribution in [-0.2, 0) is 34.6 Å². The van der Waals surface area contributed by atoms with E-state index in [4.69, 9.17) is 11.6 Å². The smallest absolute Gasteiger partial charge is 0.321 e. The fourth-order valence-corrected chi connectivity index (χ4v) is 4.78. The highest BCUT2D eigenvalue weighted by Crippen LogP contribution is 2.32. The lowest BCUT2D eigenvalue weighted by Crippen LogP contribution is -2.11. The Labute approximate surface area is 162 Å². The number of alkyl halides is 3. The summed E-state index contributed by atoms with van der Waals surface area (Å²) >= 11 is 7.02. The molecule has 0 unspecified atom stereocenters. The zero-order valence-corrected chi connectivity index (χ0v) is 16.3. The molecule has 0 aliphatic heterocycles. The van der Waals surface area contributed by atoms with Crippen LogP contribution in [0, 0.1) is 0 Å². The molecule has 144 valence electrons. The number of thiazole rings is 1. The number of sulfone groups is 1. The average Bonchev–Trinajstić information content (AvgIpc) is 3.15. The van der Waals surface area contributed by atoms with Crippen LogP contribution in [0.15, 0.2) is 35.8 Å². The predicted octanol–water partition coefficient (Wildman–Crippen LogP) is 4.33. The van der Waals surface area contributed by atoms with E-state index in [9.17, 15) is 21.6 Å². The summed E-state index contributed by atoms with van der Waals surface area (Å²) < 4.78 is 64.1. The highest BCUT2D eigenvalue weighted by atomic mass is 35.5. The van der Waals surface area contributed by atoms with Crippen LogP contribution < -0.4 is 0 Å². The maximum Gasteiger partial charge on any atom is 0.416 e. The minimum absolute atomic E-state index is 0.288. The molecule has 0 atom stereocenters. The van der Waals surface area contributed by atoms with E-state index in [1.165, 1.54) is 34.2 Å². The minimum Gasteiger partial charge on any atom is -0.321 e. The van der Waals surface area contributed by atoms with Crippen LogP contribution in [0.5, 0.6) is 0 Å². The van der Waals surface area contributed by atoms with Gasteiger partial charge in [0, 0.05) is 18.0 Å². The molecule has 2 heterocycles. The second-order valence-corrected chi connectivity index (χ2v) is 9.12. The highest BCUT2D eigenvalue weighted by Gasteiger charge is 2.30. The van der Waals surface area contributed by atoms with Gasteiger partial charge in [0.2, 0.25) is 0 Å². The number of benzene rings is 1. The fraction of sp³-hybridized carbons (Fsp3) is 0.250. The topological polar surface area (TPSA) is 64.8 Å². The number of aromatic nitrogens is 3. The Bertz CT molecular complexity index is 1060. The van der Waals surface area contributed by atoms with Crippen LogP contribution in [0.1, 0.15) is 17.1 Å². The van der Waals surface area contributed by atoms with Crippen LogP contribution >= 0.6 is 22.9 Å². The van der Waals surface area contributed by atoms with E-state index in [0.29, 0.717) is 27.2 Å². The predicted molar refractivity (Wildman–Crippen MR) is 97.1 cm³/mol. The van der Waals surface area contributed by atoms with Crippen molar-refractivity contribution in [2.24, 2.45) is 7.05 Å². The molecular weight excluding hydrogens is 423 g/mol. The van der Waals surface area contributed by atoms with Crippen molar-refractivity contribution >= 4 is 32.8 Å². The summed E-state index contributed by atoms with van der Waals surface area (Å²) in [4.78, 5) is 8.20. The van der Waals surface area contributed by atoms with Crippen LogP contribution in [-0.4, -0.2) is 23.0 Å². The van der Waals surface area contributed by atoms with Gasteiger partial charge in [-0.25, -0.2) is 18.4 Å². The van der Waals surface area contributed by atoms with E-state index >= 15 is 0 Å². The lowest BCUT2D eigenvalue weighted by atomic mass is 10.1. The van der Waals surface area contributed by atoms with Crippen LogP contribution in [0.2, 0.25) is 5.15 Å². The minimum atomic E-state index is -4.41. The van der Waals surface area contributed by atoms with Gasteiger partial charge < -0.3 is 4.57 Å². The highest BCUT2D eigenvalue weighted by molar-refractivity contribution is 7.89. The summed E-state index contributed by atoms with van der Waals surface area (Å²) in [6.45, 7) is 0. The summed E-state index contributed by atoms with van der Waals surface area (Å²) in [6, 6.07) is 4.57. The van der Waals surface area contributed by atoms with Gasteiger partial charge in [0.25, 0.3) is 0 Å². The molecule has 0 aliphatic carbocycles. The number of hydrogen-bond donors (Lipinski definition) is 0. The molecule has 0 fully saturated rings. The quantitative estimate of drug-likeness (QED) is 0.598. The molecule has 0 radical (unpaired) electrons. The average molecular weight is 436 g/mol. The van der Waals surface area contributed by atoms with Crippen LogP contribution in [0.3, 0.4) is 0 Å². The maximum atomic E-state index is 12.6. The molecule has 3 aromatic rings. The van der Waals surface area contributed by atoms with Crippen molar-refractivity contribution in [1.29, 1.82) is 0 Å². The molecule has 0 bridgehead atoms. The first-order valence-corrected chi connectivity index (χ1v) is 10.6. The Balaban J connectivity index is 1.74. The lowest BCUT2D eigenvalue weighted by molar-refractivity contribution is -0.137. The molecule has 2 aromatic heterocycles. The van der Waals surface area contributed by atoms with Gasteiger partial charge in [0.05, 0.1) is 23.2 Å². The van der Waals surface area contributed by atoms with Gasteiger partial charge in [-0.1, -0.05) is 23.7 Å². The summed E-state index contributed by atoms with van der Waals surface area (Å²) in [5, 5.41) is 2.36. The molecule has 1 aromatic carbocycles. The second-order valence-electron chi connectivity index (χ2n) is 5.81. The Morgan fingerprint density at radius 3 is 2.41 bits per heavy atom. The molecule has 0 spiro atoms. The molecule has 0 saturated heterocycles. The molecule has 0 aliphatic rings. The van der Waals surface area contributed by atoms with Gasteiger partial charge in [0.15, 0.2) is 9.84 Å². The number of halogens is 4. The number of nitrogens with zero attached hydrogens (tertiary/aromatic N) is 3. The molecule has 5 nitrogen and oxygen atoms in total. The van der Waals surface area contributed by atoms with E-state index in [-0.39, 0.29) is 11.5 Å². The summed E-state index contributed by atoms with van der Waals surface area (Å²) in [5.41, 5.74) is 0.0714. The van der Waals surface area contributed by atoms with Gasteiger partial charge in [0.1, 0.15) is 21.7 Å². The first kappa shape index (κ1) is 19.8. The number of hydrogen-bond acceptors (Lipinski definition) is 5. The standard InChI is InChI=1S/C16H13ClF3N3O2S2/c1-23-13(17)6-21-14(23)9-27(24,25)8-12-7-26-15(22-12)10-2-4-11(5-3-10)16(18,19)20/h2-7H,8-9H2,1H3. The normalized spacial score (nSPS) is 12.5. The largest absolute Gasteiger partial charge is 0.416 e. The van der Waals surface area contributed by atoms with Crippen molar-refractivity contribution in [1.82, 2.24) is 14.5 Å². The molecule has 0 N–H and O–H groups in total. The van der Waals surface area contributed by atoms with Gasteiger partial charge >= 0.3 is 6.18 Å². The van der Waals surface area contributed by atoms with E-state index in [1.807, 2.05) is 0 Å². The monoisotopic (exact) mass is 435 g/mol. The van der Waals surface area contributed by atoms with Gasteiger partial charge in [-0.15, -0.1) is 11.3 Å². The Morgan fingerprint density at radius 1 is 1.19 bits per heavy atom. The zero-order chi connectivity index (χ0) is 19.8. The SMILES string of the molecule is Cn1c(Cl)cnc1CS(=O)(=O)Cc1csc(-c2ccc(C(F)(F)F)cc2)n1. The van der Waals surface area contributed by atoms with Crippen molar-refractivity contribution in [3.8, 4) is 10.6 Å². The summed E-state index contributed by atoms with van der Waals surface area (Å²) in [7, 11) is -1.92. The molecular formula is C16H13ClF3N3O2S2. The third kappa shape index (κ3) is 4.69. The summed E-state index contributed by atoms with van der Waals surface area (Å²) in [5.74, 6) is -0.268. The van der Waals surface area contributed by atoms with E-state index in [1.54, 1.807) is 12.4 Å². The maximum absolute atomic E-state index is 12.6. The Morgan fingerprint density at radius 2 is 1.85 bits per heavy atom. The fourth-order valence-electron chi connectivity index (χ4n) is 2.34. The zero-order valence-electron chi connectivity index (χ0n) is 13.9. The first-order chi connectivity index (χ1) is 12.5. The molecule has 3 rings (SSSR count). The third-order valence-electron chi connectivity index (χ3n) is 3.76. The summed E-state index contributed by atoms with van der Waals surface area (Å²) in [6.07, 6.45) is -3.04. The molecule has 27 heavy (non-hydrogen) atoms. The van der Waals surface area contributed by atoms with Gasteiger partial charge in [-0.05, 0) is 12.1 Å². The van der Waals surface area contributed by atoms with Crippen molar-refractivity contribution < 1.29 is 21.6 Å². The van der Waals surface area contributed by atoms with Gasteiger partial charge in [-0.2, -0.15) is 13.2 Å². The molecule has 0 saturated carbocycles. The van der Waals surface area contributed by atoms with Crippen molar-refractivity contribution in [2.75, 3.05) is 0 Å². The molecule has 0 amide bonds.